The standard InChI is InChI=1S/C18H20ClN3O/c1-12-10-13(19)6-8-16(12)21-15-7-9-17(20-11-15)18(23)22-14-4-2-3-5-14/h6-11,14,21H,2-5H2,1H3,(H,22,23). The minimum Gasteiger partial charge on any atom is -0.354 e. The Balaban J connectivity index is 1.65. The van der Waals surface area contributed by atoms with Crippen LogP contribution in [0.15, 0.2) is 36.5 Å². The number of nitrogens with one attached hydrogen (secondary N) is 2. The molecule has 120 valence electrons. The van der Waals surface area contributed by atoms with Gasteiger partial charge < -0.3 is 10.6 Å². The fourth-order valence-electron chi connectivity index (χ4n) is 2.85. The number of carbonyl (C=O) groups excluding carboxylic acids is 1. The van der Waals surface area contributed by atoms with E-state index >= 15 is 0 Å². The number of aromatic nitrogens is 1. The number of aryl methyl sites for hydroxylation is 1. The molecule has 0 unspecified atom stereocenters. The third-order valence-electron chi connectivity index (χ3n) is 4.15. The van der Waals surface area contributed by atoms with Crippen molar-refractivity contribution in [3.05, 3.63) is 52.8 Å². The molecule has 5 heteroatoms. The first-order valence-electron chi connectivity index (χ1n) is 7.92. The molecule has 1 aliphatic rings. The van der Waals surface area contributed by atoms with Crippen LogP contribution in [0.3, 0.4) is 0 Å². The molecule has 3 rings (SSSR count). The third kappa shape index (κ3) is 4.02. The lowest BCUT2D eigenvalue weighted by Crippen LogP contribution is -2.33. The van der Waals surface area contributed by atoms with Gasteiger partial charge in [0.1, 0.15) is 5.69 Å². The highest BCUT2D eigenvalue weighted by Gasteiger charge is 2.18. The molecule has 0 saturated heterocycles. The van der Waals surface area contributed by atoms with Gasteiger partial charge in [-0.25, -0.2) is 4.98 Å². The summed E-state index contributed by atoms with van der Waals surface area (Å²) >= 11 is 5.96. The molecule has 1 aromatic carbocycles. The summed E-state index contributed by atoms with van der Waals surface area (Å²) in [5, 5.41) is 7.04. The van der Waals surface area contributed by atoms with Crippen LogP contribution in [0, 0.1) is 6.92 Å². The monoisotopic (exact) mass is 329 g/mol. The fourth-order valence-corrected chi connectivity index (χ4v) is 3.08. The first-order valence-corrected chi connectivity index (χ1v) is 8.30. The number of hydrogen-bond acceptors (Lipinski definition) is 3. The Labute approximate surface area is 141 Å². The van der Waals surface area contributed by atoms with E-state index in [-0.39, 0.29) is 5.91 Å². The van der Waals surface area contributed by atoms with Crippen LogP contribution in [0.1, 0.15) is 41.7 Å². The summed E-state index contributed by atoms with van der Waals surface area (Å²) in [5.41, 5.74) is 3.32. The second kappa shape index (κ2) is 7.01. The molecule has 23 heavy (non-hydrogen) atoms. The first-order chi connectivity index (χ1) is 11.1. The molecule has 1 amide bonds. The van der Waals surface area contributed by atoms with Gasteiger partial charge in [0.25, 0.3) is 5.91 Å². The van der Waals surface area contributed by atoms with Crippen LogP contribution < -0.4 is 10.6 Å². The second-order valence-electron chi connectivity index (χ2n) is 5.97. The van der Waals surface area contributed by atoms with Gasteiger partial charge in [-0.2, -0.15) is 0 Å². The minimum absolute atomic E-state index is 0.0916. The van der Waals surface area contributed by atoms with Crippen LogP contribution in [-0.2, 0) is 0 Å². The molecule has 1 heterocycles. The highest BCUT2D eigenvalue weighted by atomic mass is 35.5. The van der Waals surface area contributed by atoms with E-state index in [1.807, 2.05) is 31.2 Å². The van der Waals surface area contributed by atoms with E-state index in [9.17, 15) is 4.79 Å². The smallest absolute Gasteiger partial charge is 0.270 e. The zero-order chi connectivity index (χ0) is 16.2. The molecule has 0 atom stereocenters. The normalized spacial score (nSPS) is 14.7. The Bertz CT molecular complexity index is 694. The van der Waals surface area contributed by atoms with E-state index in [0.717, 1.165) is 29.8 Å². The number of rotatable bonds is 4. The van der Waals surface area contributed by atoms with Crippen molar-refractivity contribution in [2.45, 2.75) is 38.6 Å². The van der Waals surface area contributed by atoms with Crippen LogP contribution in [0.5, 0.6) is 0 Å². The molecule has 2 N–H and O–H groups in total. The summed E-state index contributed by atoms with van der Waals surface area (Å²) in [6.07, 6.45) is 6.21. The number of hydrogen-bond donors (Lipinski definition) is 2. The van der Waals surface area contributed by atoms with Gasteiger partial charge in [0.15, 0.2) is 0 Å². The predicted octanol–water partition coefficient (Wildman–Crippen LogP) is 4.46. The van der Waals surface area contributed by atoms with Gasteiger partial charge in [-0.15, -0.1) is 0 Å². The van der Waals surface area contributed by atoms with Gasteiger partial charge in [0, 0.05) is 16.8 Å². The van der Waals surface area contributed by atoms with E-state index in [4.69, 9.17) is 11.6 Å². The summed E-state index contributed by atoms with van der Waals surface area (Å²) in [6.45, 7) is 1.99. The van der Waals surface area contributed by atoms with Crippen molar-refractivity contribution in [2.24, 2.45) is 0 Å². The van der Waals surface area contributed by atoms with Crippen LogP contribution in [-0.4, -0.2) is 16.9 Å². The Morgan fingerprint density at radius 1 is 1.22 bits per heavy atom. The molecule has 1 saturated carbocycles. The molecule has 0 bridgehead atoms. The van der Waals surface area contributed by atoms with Crippen molar-refractivity contribution in [3.63, 3.8) is 0 Å². The van der Waals surface area contributed by atoms with Crippen LogP contribution in [0.25, 0.3) is 0 Å². The van der Waals surface area contributed by atoms with Gasteiger partial charge in [-0.3, -0.25) is 4.79 Å². The Kier molecular flexibility index (Phi) is 4.82. The zero-order valence-electron chi connectivity index (χ0n) is 13.1. The molecule has 0 aliphatic heterocycles. The minimum atomic E-state index is -0.0916. The fraction of sp³-hybridized carbons (Fsp3) is 0.333. The first kappa shape index (κ1) is 15.8. The third-order valence-corrected chi connectivity index (χ3v) is 4.39. The lowest BCUT2D eigenvalue weighted by atomic mass is 10.2. The van der Waals surface area contributed by atoms with Crippen molar-refractivity contribution in [1.82, 2.24) is 10.3 Å². The molecule has 1 aromatic heterocycles. The number of halogens is 1. The quantitative estimate of drug-likeness (QED) is 0.870. The number of nitrogens with zero attached hydrogens (tertiary/aromatic N) is 1. The summed E-state index contributed by atoms with van der Waals surface area (Å²) in [6, 6.07) is 9.59. The Hall–Kier alpha value is -2.07. The highest BCUT2D eigenvalue weighted by Crippen LogP contribution is 2.23. The topological polar surface area (TPSA) is 54.0 Å². The maximum Gasteiger partial charge on any atom is 0.270 e. The van der Waals surface area contributed by atoms with Gasteiger partial charge >= 0.3 is 0 Å². The van der Waals surface area contributed by atoms with Gasteiger partial charge in [-0.1, -0.05) is 24.4 Å². The van der Waals surface area contributed by atoms with Crippen molar-refractivity contribution >= 4 is 28.9 Å². The molecule has 0 spiro atoms. The number of anilines is 2. The molecule has 2 aromatic rings. The molecular weight excluding hydrogens is 310 g/mol. The average Bonchev–Trinajstić information content (AvgIpc) is 3.04. The Morgan fingerprint density at radius 2 is 2.00 bits per heavy atom. The molecule has 0 radical (unpaired) electrons. The molecular formula is C18H20ClN3O. The van der Waals surface area contributed by atoms with Crippen molar-refractivity contribution in [1.29, 1.82) is 0 Å². The van der Waals surface area contributed by atoms with E-state index in [1.165, 1.54) is 12.8 Å². The number of benzene rings is 1. The van der Waals surface area contributed by atoms with Crippen molar-refractivity contribution in [3.8, 4) is 0 Å². The van der Waals surface area contributed by atoms with E-state index in [1.54, 1.807) is 12.3 Å². The molecule has 1 fully saturated rings. The summed E-state index contributed by atoms with van der Waals surface area (Å²) in [7, 11) is 0. The van der Waals surface area contributed by atoms with E-state index < -0.39 is 0 Å². The lowest BCUT2D eigenvalue weighted by Gasteiger charge is -2.12. The average molecular weight is 330 g/mol. The Morgan fingerprint density at radius 3 is 2.65 bits per heavy atom. The highest BCUT2D eigenvalue weighted by molar-refractivity contribution is 6.30. The lowest BCUT2D eigenvalue weighted by molar-refractivity contribution is 0.0933. The number of pyridine rings is 1. The number of carbonyl (C=O) groups is 1. The van der Waals surface area contributed by atoms with Crippen molar-refractivity contribution < 1.29 is 4.79 Å². The number of amides is 1. The van der Waals surface area contributed by atoms with Crippen LogP contribution in [0.4, 0.5) is 11.4 Å². The summed E-state index contributed by atoms with van der Waals surface area (Å²) < 4.78 is 0. The SMILES string of the molecule is Cc1cc(Cl)ccc1Nc1ccc(C(=O)NC2CCCC2)nc1. The maximum absolute atomic E-state index is 12.2. The zero-order valence-corrected chi connectivity index (χ0v) is 13.9. The summed E-state index contributed by atoms with van der Waals surface area (Å²) in [4.78, 5) is 16.4. The van der Waals surface area contributed by atoms with E-state index in [2.05, 4.69) is 15.6 Å². The van der Waals surface area contributed by atoms with Gasteiger partial charge in [0.05, 0.1) is 11.9 Å². The molecule has 1 aliphatic carbocycles. The van der Waals surface area contributed by atoms with Crippen LogP contribution in [0.2, 0.25) is 5.02 Å². The maximum atomic E-state index is 12.2. The predicted molar refractivity (Wildman–Crippen MR) is 93.4 cm³/mol. The van der Waals surface area contributed by atoms with E-state index in [0.29, 0.717) is 16.8 Å². The molecule has 4 nitrogen and oxygen atoms in total. The van der Waals surface area contributed by atoms with Crippen molar-refractivity contribution in [2.75, 3.05) is 5.32 Å². The van der Waals surface area contributed by atoms with Crippen LogP contribution >= 0.6 is 11.6 Å². The second-order valence-corrected chi connectivity index (χ2v) is 6.41. The van der Waals surface area contributed by atoms with Gasteiger partial charge in [0.2, 0.25) is 0 Å². The summed E-state index contributed by atoms with van der Waals surface area (Å²) in [5.74, 6) is -0.0916. The largest absolute Gasteiger partial charge is 0.354 e. The van der Waals surface area contributed by atoms with Gasteiger partial charge in [-0.05, 0) is 55.7 Å².